The minimum absolute atomic E-state index is 0.0805. The largest absolute Gasteiger partial charge is 0.378 e. The fourth-order valence-electron chi connectivity index (χ4n) is 3.04. The molecule has 0 saturated carbocycles. The van der Waals surface area contributed by atoms with E-state index in [1.807, 2.05) is 38.1 Å². The van der Waals surface area contributed by atoms with Crippen molar-refractivity contribution in [2.45, 2.75) is 18.7 Å². The van der Waals surface area contributed by atoms with Crippen molar-refractivity contribution in [3.63, 3.8) is 0 Å². The molecule has 1 saturated heterocycles. The Bertz CT molecular complexity index is 1350. The number of fused-ring (bicyclic) bond motifs is 1. The van der Waals surface area contributed by atoms with Crippen molar-refractivity contribution in [1.29, 1.82) is 0 Å². The lowest BCUT2D eigenvalue weighted by atomic mass is 10.0. The van der Waals surface area contributed by atoms with Crippen LogP contribution in [0.5, 0.6) is 5.75 Å². The molecule has 31 heavy (non-hydrogen) atoms. The van der Waals surface area contributed by atoms with E-state index in [0.717, 1.165) is 21.9 Å². The van der Waals surface area contributed by atoms with E-state index >= 15 is 0 Å². The van der Waals surface area contributed by atoms with Crippen LogP contribution in [-0.2, 0) is 14.9 Å². The lowest BCUT2D eigenvalue weighted by molar-refractivity contribution is -0.116. The molecule has 0 aliphatic carbocycles. The molecule has 0 aromatic heterocycles. The highest BCUT2D eigenvalue weighted by Crippen LogP contribution is 2.29. The lowest BCUT2D eigenvalue weighted by Gasteiger charge is -2.12. The van der Waals surface area contributed by atoms with Crippen molar-refractivity contribution in [2.24, 2.45) is 10.2 Å². The number of nitrogens with zero attached hydrogens (tertiary/aromatic N) is 2. The second kappa shape index (κ2) is 8.52. The number of hydrogen-bond acceptors (Lipinski definition) is 7. The van der Waals surface area contributed by atoms with Gasteiger partial charge < -0.3 is 9.50 Å². The number of rotatable bonds is 5. The van der Waals surface area contributed by atoms with Crippen LogP contribution in [0.4, 0.5) is 0 Å². The van der Waals surface area contributed by atoms with Crippen molar-refractivity contribution in [2.75, 3.05) is 5.75 Å². The van der Waals surface area contributed by atoms with Crippen molar-refractivity contribution < 1.29 is 17.4 Å². The zero-order valence-corrected chi connectivity index (χ0v) is 18.5. The highest BCUT2D eigenvalue weighted by Gasteiger charge is 2.20. The van der Waals surface area contributed by atoms with Crippen LogP contribution in [0.1, 0.15) is 16.7 Å². The molecule has 0 bridgehead atoms. The van der Waals surface area contributed by atoms with Crippen LogP contribution in [0.15, 0.2) is 69.7 Å². The standard InChI is InChI=1S/C22H19N3O4S2/c1-14-7-9-17(11-15(14)2)31(27,28)29-20-10-8-16-5-3-4-6-18(16)19(20)12-23-25-22-24-21(26)13-30-22/h3-12H,13H2,1-2H3,(H,24,25,26). The summed E-state index contributed by atoms with van der Waals surface area (Å²) in [7, 11) is -4.05. The average molecular weight is 454 g/mol. The van der Waals surface area contributed by atoms with Crippen molar-refractivity contribution >= 4 is 49.9 Å². The summed E-state index contributed by atoms with van der Waals surface area (Å²) in [4.78, 5) is 11.4. The smallest absolute Gasteiger partial charge is 0.339 e. The molecule has 158 valence electrons. The van der Waals surface area contributed by atoms with Gasteiger partial charge >= 0.3 is 10.1 Å². The van der Waals surface area contributed by atoms with Crippen LogP contribution in [-0.4, -0.2) is 31.5 Å². The molecule has 4 rings (SSSR count). The highest BCUT2D eigenvalue weighted by atomic mass is 32.2. The predicted molar refractivity (Wildman–Crippen MR) is 123 cm³/mol. The molecule has 1 aliphatic heterocycles. The van der Waals surface area contributed by atoms with Gasteiger partial charge in [0, 0.05) is 5.56 Å². The third-order valence-corrected chi connectivity index (χ3v) is 6.91. The molecule has 0 atom stereocenters. The zero-order valence-electron chi connectivity index (χ0n) is 16.8. The van der Waals surface area contributed by atoms with Gasteiger partial charge in [-0.2, -0.15) is 13.5 Å². The third-order valence-electron chi connectivity index (χ3n) is 4.82. The quantitative estimate of drug-likeness (QED) is 0.360. The summed E-state index contributed by atoms with van der Waals surface area (Å²) in [6.07, 6.45) is 1.44. The van der Waals surface area contributed by atoms with Crippen LogP contribution in [0.2, 0.25) is 0 Å². The summed E-state index contributed by atoms with van der Waals surface area (Å²) >= 11 is 1.25. The topological polar surface area (TPSA) is 97.2 Å². The zero-order chi connectivity index (χ0) is 22.0. The Balaban J connectivity index is 1.74. The molecule has 0 spiro atoms. The van der Waals surface area contributed by atoms with Gasteiger partial charge in [-0.05, 0) is 53.9 Å². The molecular formula is C22H19N3O4S2. The number of hydrogen-bond donors (Lipinski definition) is 1. The molecule has 3 aromatic rings. The molecule has 1 fully saturated rings. The van der Waals surface area contributed by atoms with Crippen LogP contribution in [0, 0.1) is 13.8 Å². The van der Waals surface area contributed by atoms with E-state index in [1.165, 1.54) is 24.0 Å². The Labute approximate surface area is 184 Å². The van der Waals surface area contributed by atoms with Crippen LogP contribution in [0.3, 0.4) is 0 Å². The number of carbonyl (C=O) groups is 1. The summed E-state index contributed by atoms with van der Waals surface area (Å²) in [6, 6.07) is 15.7. The summed E-state index contributed by atoms with van der Waals surface area (Å²) in [6.45, 7) is 3.76. The Hall–Kier alpha value is -3.17. The fraction of sp³-hybridized carbons (Fsp3) is 0.136. The van der Waals surface area contributed by atoms with Gasteiger partial charge in [0.05, 0.1) is 12.0 Å². The van der Waals surface area contributed by atoms with Crippen molar-refractivity contribution in [1.82, 2.24) is 5.32 Å². The van der Waals surface area contributed by atoms with Gasteiger partial charge in [-0.3, -0.25) is 4.79 Å². The molecule has 1 heterocycles. The molecular weight excluding hydrogens is 434 g/mol. The number of benzene rings is 3. The summed E-state index contributed by atoms with van der Waals surface area (Å²) in [5.74, 6) is 0.308. The SMILES string of the molecule is Cc1ccc(S(=O)(=O)Oc2ccc3ccccc3c2C=N/N=C2/NC(=O)CS2)cc1C. The van der Waals surface area contributed by atoms with Gasteiger partial charge in [0.1, 0.15) is 4.90 Å². The Morgan fingerprint density at radius 1 is 1.06 bits per heavy atom. The first-order valence-corrected chi connectivity index (χ1v) is 11.8. The molecule has 1 aliphatic rings. The summed E-state index contributed by atoms with van der Waals surface area (Å²) in [5, 5.41) is 12.7. The number of amidine groups is 1. The van der Waals surface area contributed by atoms with Gasteiger partial charge in [0.15, 0.2) is 10.9 Å². The number of nitrogens with one attached hydrogen (secondary N) is 1. The van der Waals surface area contributed by atoms with E-state index in [-0.39, 0.29) is 16.6 Å². The Kier molecular flexibility index (Phi) is 5.79. The molecule has 1 N–H and O–H groups in total. The van der Waals surface area contributed by atoms with Crippen molar-refractivity contribution in [3.8, 4) is 5.75 Å². The number of carbonyl (C=O) groups excluding carboxylic acids is 1. The molecule has 1 amide bonds. The average Bonchev–Trinajstić information content (AvgIpc) is 3.16. The number of aryl methyl sites for hydroxylation is 2. The minimum atomic E-state index is -4.05. The maximum atomic E-state index is 12.9. The Morgan fingerprint density at radius 3 is 2.61 bits per heavy atom. The van der Waals surface area contributed by atoms with Crippen LogP contribution >= 0.6 is 11.8 Å². The molecule has 9 heteroatoms. The van der Waals surface area contributed by atoms with Gasteiger partial charge in [-0.25, -0.2) is 0 Å². The maximum absolute atomic E-state index is 12.9. The first kappa shape index (κ1) is 21.1. The third kappa shape index (κ3) is 4.62. The molecule has 3 aromatic carbocycles. The highest BCUT2D eigenvalue weighted by molar-refractivity contribution is 8.15. The van der Waals surface area contributed by atoms with E-state index in [2.05, 4.69) is 15.5 Å². The molecule has 0 radical (unpaired) electrons. The predicted octanol–water partition coefficient (Wildman–Crippen LogP) is 3.78. The monoisotopic (exact) mass is 453 g/mol. The van der Waals surface area contributed by atoms with Crippen LogP contribution in [0.25, 0.3) is 10.8 Å². The lowest BCUT2D eigenvalue weighted by Crippen LogP contribution is -2.19. The van der Waals surface area contributed by atoms with E-state index in [9.17, 15) is 13.2 Å². The number of thioether (sulfide) groups is 1. The van der Waals surface area contributed by atoms with Crippen LogP contribution < -0.4 is 9.50 Å². The first-order chi connectivity index (χ1) is 14.8. The summed E-state index contributed by atoms with van der Waals surface area (Å²) in [5.41, 5.74) is 2.33. The maximum Gasteiger partial charge on any atom is 0.339 e. The minimum Gasteiger partial charge on any atom is -0.378 e. The molecule has 0 unspecified atom stereocenters. The number of amides is 1. The van der Waals surface area contributed by atoms with E-state index in [4.69, 9.17) is 4.18 Å². The molecule has 7 nitrogen and oxygen atoms in total. The van der Waals surface area contributed by atoms with E-state index in [1.54, 1.807) is 24.3 Å². The summed E-state index contributed by atoms with van der Waals surface area (Å²) < 4.78 is 31.4. The fourth-order valence-corrected chi connectivity index (χ4v) is 4.70. The van der Waals surface area contributed by atoms with Gasteiger partial charge in [0.25, 0.3) is 0 Å². The first-order valence-electron chi connectivity index (χ1n) is 9.41. The second-order valence-corrected chi connectivity index (χ2v) is 9.48. The second-order valence-electron chi connectivity index (χ2n) is 6.97. The van der Waals surface area contributed by atoms with E-state index in [0.29, 0.717) is 16.5 Å². The normalized spacial score (nSPS) is 15.7. The Morgan fingerprint density at radius 2 is 1.87 bits per heavy atom. The van der Waals surface area contributed by atoms with Crippen molar-refractivity contribution in [3.05, 3.63) is 71.3 Å². The van der Waals surface area contributed by atoms with Gasteiger partial charge in [0.2, 0.25) is 5.91 Å². The van der Waals surface area contributed by atoms with E-state index < -0.39 is 10.1 Å². The van der Waals surface area contributed by atoms with Gasteiger partial charge in [-0.1, -0.05) is 48.2 Å². The van der Waals surface area contributed by atoms with Gasteiger partial charge in [-0.15, -0.1) is 5.10 Å².